The van der Waals surface area contributed by atoms with Gasteiger partial charge in [-0.05, 0) is 37.9 Å². The van der Waals surface area contributed by atoms with Crippen molar-refractivity contribution in [2.75, 3.05) is 32.8 Å². The van der Waals surface area contributed by atoms with Crippen molar-refractivity contribution in [2.24, 2.45) is 0 Å². The third kappa shape index (κ3) is 6.38. The number of hydrogen-bond acceptors (Lipinski definition) is 4. The molecule has 1 fully saturated rings. The minimum atomic E-state index is -0.793. The molecule has 0 aromatic heterocycles. The van der Waals surface area contributed by atoms with Crippen molar-refractivity contribution >= 4 is 11.9 Å². The number of piperidine rings is 1. The second-order valence-corrected chi connectivity index (χ2v) is 6.33. The number of carbonyl (C=O) groups is 2. The van der Waals surface area contributed by atoms with E-state index in [0.29, 0.717) is 32.5 Å². The molecule has 6 nitrogen and oxygen atoms in total. The lowest BCUT2D eigenvalue weighted by atomic mass is 10.0. The van der Waals surface area contributed by atoms with E-state index in [4.69, 9.17) is 9.84 Å². The van der Waals surface area contributed by atoms with Crippen LogP contribution in [0.4, 0.5) is 0 Å². The molecule has 1 amide bonds. The summed E-state index contributed by atoms with van der Waals surface area (Å²) in [5.74, 6) is 0.198. The summed E-state index contributed by atoms with van der Waals surface area (Å²) >= 11 is 0. The molecule has 0 aliphatic carbocycles. The van der Waals surface area contributed by atoms with Crippen LogP contribution in [0.2, 0.25) is 0 Å². The summed E-state index contributed by atoms with van der Waals surface area (Å²) in [6, 6.07) is 9.86. The van der Waals surface area contributed by atoms with E-state index in [0.717, 1.165) is 25.1 Å². The molecule has 0 unspecified atom stereocenters. The smallest absolute Gasteiger partial charge is 0.317 e. The SMILES string of the molecule is CCN(CC(=O)O)C1CCN(C(=O)CCCOc2ccccc2)CC1. The number of carboxylic acid groups (broad SMARTS) is 1. The van der Waals surface area contributed by atoms with E-state index in [1.807, 2.05) is 47.1 Å². The van der Waals surface area contributed by atoms with Gasteiger partial charge in [-0.1, -0.05) is 25.1 Å². The Hall–Kier alpha value is -2.08. The minimum Gasteiger partial charge on any atom is -0.494 e. The summed E-state index contributed by atoms with van der Waals surface area (Å²) in [5, 5.41) is 8.97. The van der Waals surface area contributed by atoms with Gasteiger partial charge in [0.15, 0.2) is 0 Å². The van der Waals surface area contributed by atoms with Gasteiger partial charge >= 0.3 is 5.97 Å². The third-order valence-corrected chi connectivity index (χ3v) is 4.63. The normalized spacial score (nSPS) is 15.4. The molecule has 1 N–H and O–H groups in total. The molecular weight excluding hydrogens is 320 g/mol. The van der Waals surface area contributed by atoms with Gasteiger partial charge in [0.05, 0.1) is 13.2 Å². The Kier molecular flexibility index (Phi) is 7.73. The molecule has 0 radical (unpaired) electrons. The quantitative estimate of drug-likeness (QED) is 0.693. The number of carbonyl (C=O) groups excluding carboxylic acids is 1. The topological polar surface area (TPSA) is 70.1 Å². The number of likely N-dealkylation sites (tertiary alicyclic amines) is 1. The Balaban J connectivity index is 1.66. The highest BCUT2D eigenvalue weighted by Crippen LogP contribution is 2.17. The summed E-state index contributed by atoms with van der Waals surface area (Å²) < 4.78 is 5.61. The first-order valence-corrected chi connectivity index (χ1v) is 9.01. The zero-order chi connectivity index (χ0) is 18.1. The average molecular weight is 348 g/mol. The molecule has 6 heteroatoms. The second-order valence-electron chi connectivity index (χ2n) is 6.33. The number of nitrogens with zero attached hydrogens (tertiary/aromatic N) is 2. The van der Waals surface area contributed by atoms with Crippen molar-refractivity contribution in [3.8, 4) is 5.75 Å². The van der Waals surface area contributed by atoms with Crippen LogP contribution in [0, 0.1) is 0 Å². The summed E-state index contributed by atoms with van der Waals surface area (Å²) in [6.45, 7) is 4.73. The van der Waals surface area contributed by atoms with E-state index >= 15 is 0 Å². The van der Waals surface area contributed by atoms with E-state index in [9.17, 15) is 9.59 Å². The number of likely N-dealkylation sites (N-methyl/N-ethyl adjacent to an activating group) is 1. The largest absolute Gasteiger partial charge is 0.494 e. The number of amides is 1. The van der Waals surface area contributed by atoms with Gasteiger partial charge in [0.1, 0.15) is 5.75 Å². The van der Waals surface area contributed by atoms with Crippen LogP contribution in [0.1, 0.15) is 32.6 Å². The Labute approximate surface area is 149 Å². The highest BCUT2D eigenvalue weighted by molar-refractivity contribution is 5.76. The van der Waals surface area contributed by atoms with Crippen molar-refractivity contribution in [1.29, 1.82) is 0 Å². The van der Waals surface area contributed by atoms with Crippen LogP contribution in [-0.4, -0.2) is 65.6 Å². The van der Waals surface area contributed by atoms with Crippen LogP contribution in [0.15, 0.2) is 30.3 Å². The minimum absolute atomic E-state index is 0.0753. The lowest BCUT2D eigenvalue weighted by Crippen LogP contribution is -2.48. The highest BCUT2D eigenvalue weighted by Gasteiger charge is 2.26. The number of para-hydroxylation sites is 1. The van der Waals surface area contributed by atoms with E-state index in [-0.39, 0.29) is 18.5 Å². The lowest BCUT2D eigenvalue weighted by molar-refractivity contribution is -0.140. The van der Waals surface area contributed by atoms with Gasteiger partial charge in [-0.25, -0.2) is 0 Å². The standard InChI is InChI=1S/C19H28N2O4/c1-2-20(15-19(23)24)16-10-12-21(13-11-16)18(22)9-6-14-25-17-7-4-3-5-8-17/h3-5,7-8,16H,2,6,9-15H2,1H3,(H,23,24). The number of hydrogen-bond donors (Lipinski definition) is 1. The van der Waals surface area contributed by atoms with Gasteiger partial charge in [-0.3, -0.25) is 14.5 Å². The van der Waals surface area contributed by atoms with Crippen LogP contribution in [-0.2, 0) is 9.59 Å². The third-order valence-electron chi connectivity index (χ3n) is 4.63. The maximum Gasteiger partial charge on any atom is 0.317 e. The fourth-order valence-corrected chi connectivity index (χ4v) is 3.24. The molecule has 1 heterocycles. The molecule has 0 spiro atoms. The number of benzene rings is 1. The average Bonchev–Trinajstić information content (AvgIpc) is 2.64. The second kappa shape index (κ2) is 10.0. The predicted molar refractivity (Wildman–Crippen MR) is 95.7 cm³/mol. The van der Waals surface area contributed by atoms with Crippen molar-refractivity contribution < 1.29 is 19.4 Å². The first-order chi connectivity index (χ1) is 12.1. The van der Waals surface area contributed by atoms with Gasteiger partial charge in [0, 0.05) is 25.6 Å². The van der Waals surface area contributed by atoms with Crippen molar-refractivity contribution in [2.45, 2.75) is 38.6 Å². The highest BCUT2D eigenvalue weighted by atomic mass is 16.5. The fraction of sp³-hybridized carbons (Fsp3) is 0.579. The molecule has 1 aromatic carbocycles. The van der Waals surface area contributed by atoms with Crippen molar-refractivity contribution in [3.05, 3.63) is 30.3 Å². The van der Waals surface area contributed by atoms with Crippen molar-refractivity contribution in [1.82, 2.24) is 9.80 Å². The first-order valence-electron chi connectivity index (χ1n) is 9.01. The molecule has 0 saturated carbocycles. The zero-order valence-electron chi connectivity index (χ0n) is 14.9. The van der Waals surface area contributed by atoms with E-state index in [2.05, 4.69) is 0 Å². The van der Waals surface area contributed by atoms with E-state index in [1.54, 1.807) is 0 Å². The van der Waals surface area contributed by atoms with Crippen LogP contribution in [0.25, 0.3) is 0 Å². The summed E-state index contributed by atoms with van der Waals surface area (Å²) in [6.07, 6.45) is 2.87. The Bertz CT molecular complexity index is 542. The monoisotopic (exact) mass is 348 g/mol. The molecule has 1 aliphatic heterocycles. The van der Waals surface area contributed by atoms with Gasteiger partial charge in [-0.15, -0.1) is 0 Å². The maximum atomic E-state index is 12.3. The van der Waals surface area contributed by atoms with Crippen LogP contribution in [0.3, 0.4) is 0 Å². The fourth-order valence-electron chi connectivity index (χ4n) is 3.24. The van der Waals surface area contributed by atoms with E-state index < -0.39 is 5.97 Å². The molecule has 25 heavy (non-hydrogen) atoms. The van der Waals surface area contributed by atoms with Gasteiger partial charge in [0.25, 0.3) is 0 Å². The molecule has 1 aromatic rings. The van der Waals surface area contributed by atoms with Gasteiger partial charge < -0.3 is 14.7 Å². The molecule has 0 atom stereocenters. The predicted octanol–water partition coefficient (Wildman–Crippen LogP) is 2.24. The van der Waals surface area contributed by atoms with Crippen LogP contribution < -0.4 is 4.74 Å². The maximum absolute atomic E-state index is 12.3. The Morgan fingerprint density at radius 1 is 1.24 bits per heavy atom. The molecule has 1 saturated heterocycles. The van der Waals surface area contributed by atoms with Crippen LogP contribution >= 0.6 is 0 Å². The van der Waals surface area contributed by atoms with E-state index in [1.165, 1.54) is 0 Å². The van der Waals surface area contributed by atoms with Gasteiger partial charge in [-0.2, -0.15) is 0 Å². The summed E-state index contributed by atoms with van der Waals surface area (Å²) in [7, 11) is 0. The van der Waals surface area contributed by atoms with Crippen LogP contribution in [0.5, 0.6) is 5.75 Å². The number of rotatable bonds is 9. The van der Waals surface area contributed by atoms with Crippen molar-refractivity contribution in [3.63, 3.8) is 0 Å². The van der Waals surface area contributed by atoms with Gasteiger partial charge in [0.2, 0.25) is 5.91 Å². The Morgan fingerprint density at radius 2 is 1.92 bits per heavy atom. The number of carboxylic acids is 1. The molecular formula is C19H28N2O4. The summed E-state index contributed by atoms with van der Waals surface area (Å²) in [4.78, 5) is 27.1. The molecule has 1 aliphatic rings. The molecule has 2 rings (SSSR count). The number of aliphatic carboxylic acids is 1. The summed E-state index contributed by atoms with van der Waals surface area (Å²) in [5.41, 5.74) is 0. The molecule has 138 valence electrons. The first kappa shape index (κ1) is 19.2. The molecule has 0 bridgehead atoms. The number of ether oxygens (including phenoxy) is 1. The zero-order valence-corrected chi connectivity index (χ0v) is 14.9. The Morgan fingerprint density at radius 3 is 2.52 bits per heavy atom. The lowest BCUT2D eigenvalue weighted by Gasteiger charge is -2.37.